The number of ketones is 1. The monoisotopic (exact) mass is 387 g/mol. The van der Waals surface area contributed by atoms with Gasteiger partial charge in [0.25, 0.3) is 0 Å². The normalized spacial score (nSPS) is 23.1. The minimum Gasteiger partial charge on any atom is -0.445 e. The molecule has 29 heavy (non-hydrogen) atoms. The smallest absolute Gasteiger partial charge is 0.410 e. The van der Waals surface area contributed by atoms with Gasteiger partial charge in [-0.05, 0) is 49.8 Å². The van der Waals surface area contributed by atoms with Crippen molar-refractivity contribution in [1.29, 1.82) is 0 Å². The summed E-state index contributed by atoms with van der Waals surface area (Å²) >= 11 is 0. The van der Waals surface area contributed by atoms with E-state index in [1.807, 2.05) is 53.4 Å². The maximum absolute atomic E-state index is 13.1. The van der Waals surface area contributed by atoms with Crippen LogP contribution in [0.4, 0.5) is 4.79 Å². The van der Waals surface area contributed by atoms with E-state index >= 15 is 0 Å². The first-order valence-corrected chi connectivity index (χ1v) is 10.3. The second-order valence-corrected chi connectivity index (χ2v) is 7.94. The summed E-state index contributed by atoms with van der Waals surface area (Å²) in [4.78, 5) is 27.8. The zero-order chi connectivity index (χ0) is 20.2. The van der Waals surface area contributed by atoms with E-state index in [-0.39, 0.29) is 36.5 Å². The summed E-state index contributed by atoms with van der Waals surface area (Å²) in [5.74, 6) is 2.66. The van der Waals surface area contributed by atoms with E-state index in [0.29, 0.717) is 18.4 Å². The van der Waals surface area contributed by atoms with Crippen molar-refractivity contribution in [2.75, 3.05) is 0 Å². The Morgan fingerprint density at radius 3 is 2.45 bits per heavy atom. The van der Waals surface area contributed by atoms with Crippen molar-refractivity contribution >= 4 is 11.9 Å². The molecular weight excluding hydrogens is 362 g/mol. The highest BCUT2D eigenvalue weighted by Crippen LogP contribution is 2.38. The molecular formula is C25H25NO3. The van der Waals surface area contributed by atoms with Crippen molar-refractivity contribution < 1.29 is 14.3 Å². The van der Waals surface area contributed by atoms with Crippen molar-refractivity contribution in [2.45, 2.75) is 50.8 Å². The van der Waals surface area contributed by atoms with E-state index in [1.54, 1.807) is 6.07 Å². The van der Waals surface area contributed by atoms with E-state index in [0.717, 1.165) is 30.4 Å². The topological polar surface area (TPSA) is 46.6 Å². The molecule has 0 aromatic heterocycles. The van der Waals surface area contributed by atoms with Crippen LogP contribution in [0.2, 0.25) is 0 Å². The molecule has 0 radical (unpaired) electrons. The molecule has 1 amide bonds. The fourth-order valence-corrected chi connectivity index (χ4v) is 4.69. The van der Waals surface area contributed by atoms with Crippen LogP contribution in [0.15, 0.2) is 54.6 Å². The number of ether oxygens (including phenoxy) is 1. The number of fused-ring (bicyclic) bond motifs is 2. The molecule has 0 N–H and O–H groups in total. The van der Waals surface area contributed by atoms with Gasteiger partial charge in [0.15, 0.2) is 5.78 Å². The van der Waals surface area contributed by atoms with Crippen molar-refractivity contribution in [3.05, 3.63) is 71.3 Å². The van der Waals surface area contributed by atoms with Gasteiger partial charge in [-0.1, -0.05) is 48.4 Å². The summed E-state index contributed by atoms with van der Waals surface area (Å²) < 4.78 is 5.59. The number of carbonyl (C=O) groups excluding carboxylic acids is 2. The minimum atomic E-state index is -0.260. The van der Waals surface area contributed by atoms with Crippen LogP contribution in [0.1, 0.15) is 53.6 Å². The molecule has 4 heteroatoms. The Bertz CT molecular complexity index is 917. The SMILES string of the molecule is C#Cc1cccc(C(=O)C2CC3CCCC(C2)N3C(=O)OCc2ccccc2)c1. The number of benzene rings is 2. The van der Waals surface area contributed by atoms with Crippen LogP contribution < -0.4 is 0 Å². The van der Waals surface area contributed by atoms with Crippen LogP contribution >= 0.6 is 0 Å². The average Bonchev–Trinajstić information content (AvgIpc) is 2.76. The van der Waals surface area contributed by atoms with Gasteiger partial charge in [-0.3, -0.25) is 4.79 Å². The van der Waals surface area contributed by atoms with Crippen molar-refractivity contribution in [3.63, 3.8) is 0 Å². The van der Waals surface area contributed by atoms with Gasteiger partial charge in [-0.15, -0.1) is 6.42 Å². The van der Waals surface area contributed by atoms with E-state index in [2.05, 4.69) is 5.92 Å². The van der Waals surface area contributed by atoms with Crippen molar-refractivity contribution in [2.24, 2.45) is 5.92 Å². The molecule has 2 atom stereocenters. The van der Waals surface area contributed by atoms with Gasteiger partial charge in [0.05, 0.1) is 0 Å². The highest BCUT2D eigenvalue weighted by atomic mass is 16.6. The Labute approximate surface area is 171 Å². The van der Waals surface area contributed by atoms with Gasteiger partial charge in [-0.25, -0.2) is 4.79 Å². The Balaban J connectivity index is 1.44. The van der Waals surface area contributed by atoms with Gasteiger partial charge in [0, 0.05) is 29.1 Å². The average molecular weight is 387 g/mol. The number of carbonyl (C=O) groups is 2. The molecule has 2 heterocycles. The lowest BCUT2D eigenvalue weighted by atomic mass is 9.76. The van der Waals surface area contributed by atoms with E-state index in [4.69, 9.17) is 11.2 Å². The number of hydrogen-bond acceptors (Lipinski definition) is 3. The highest BCUT2D eigenvalue weighted by Gasteiger charge is 2.43. The number of terminal acetylenes is 1. The number of rotatable bonds is 4. The molecule has 2 aliphatic rings. The molecule has 0 spiro atoms. The zero-order valence-electron chi connectivity index (χ0n) is 16.4. The van der Waals surface area contributed by atoms with Crippen molar-refractivity contribution in [1.82, 2.24) is 4.90 Å². The molecule has 0 aliphatic carbocycles. The van der Waals surface area contributed by atoms with E-state index in [1.165, 1.54) is 0 Å². The molecule has 148 valence electrons. The standard InChI is InChI=1S/C25H25NO3/c1-2-18-10-6-11-20(14-18)24(27)21-15-22-12-7-13-23(16-21)26(22)25(28)29-17-19-8-4-3-5-9-19/h1,3-6,8-11,14,21-23H,7,12-13,15-17H2. The minimum absolute atomic E-state index is 0.0653. The lowest BCUT2D eigenvalue weighted by Gasteiger charge is -2.47. The van der Waals surface area contributed by atoms with E-state index < -0.39 is 0 Å². The van der Waals surface area contributed by atoms with Crippen LogP contribution in [-0.4, -0.2) is 28.9 Å². The predicted octanol–water partition coefficient (Wildman–Crippen LogP) is 4.82. The van der Waals surface area contributed by atoms with Gasteiger partial charge in [-0.2, -0.15) is 0 Å². The Morgan fingerprint density at radius 1 is 1.03 bits per heavy atom. The lowest BCUT2D eigenvalue weighted by Crippen LogP contribution is -2.55. The Kier molecular flexibility index (Phi) is 5.67. The number of hydrogen-bond donors (Lipinski definition) is 0. The van der Waals surface area contributed by atoms with Crippen LogP contribution in [0.5, 0.6) is 0 Å². The quantitative estimate of drug-likeness (QED) is 0.558. The number of Topliss-reactive ketones (excluding diaryl/α,β-unsaturated/α-hetero) is 1. The van der Waals surface area contributed by atoms with Crippen LogP contribution in [0.25, 0.3) is 0 Å². The molecule has 2 saturated heterocycles. The molecule has 4 rings (SSSR count). The third-order valence-corrected chi connectivity index (χ3v) is 6.08. The van der Waals surface area contributed by atoms with Crippen LogP contribution in [0.3, 0.4) is 0 Å². The molecule has 2 bridgehead atoms. The summed E-state index contributed by atoms with van der Waals surface area (Å²) in [6.07, 6.45) is 9.53. The summed E-state index contributed by atoms with van der Waals surface area (Å²) in [7, 11) is 0. The fraction of sp³-hybridized carbons (Fsp3) is 0.360. The number of nitrogens with zero attached hydrogens (tertiary/aromatic N) is 1. The van der Waals surface area contributed by atoms with Gasteiger partial charge < -0.3 is 9.64 Å². The molecule has 2 aliphatic heterocycles. The second kappa shape index (κ2) is 8.53. The molecule has 0 saturated carbocycles. The molecule has 2 unspecified atom stereocenters. The highest BCUT2D eigenvalue weighted by molar-refractivity contribution is 5.98. The third-order valence-electron chi connectivity index (χ3n) is 6.08. The Morgan fingerprint density at radius 2 is 1.76 bits per heavy atom. The maximum Gasteiger partial charge on any atom is 0.410 e. The first-order chi connectivity index (χ1) is 14.2. The fourth-order valence-electron chi connectivity index (χ4n) is 4.69. The Hall–Kier alpha value is -3.06. The van der Waals surface area contributed by atoms with Crippen molar-refractivity contribution in [3.8, 4) is 12.3 Å². The number of piperidine rings is 2. The molecule has 2 aromatic rings. The summed E-state index contributed by atoms with van der Waals surface area (Å²) in [5, 5.41) is 0. The summed E-state index contributed by atoms with van der Waals surface area (Å²) in [6.45, 7) is 0.275. The van der Waals surface area contributed by atoms with Gasteiger partial charge in [0.1, 0.15) is 6.61 Å². The summed E-state index contributed by atoms with van der Waals surface area (Å²) in [5.41, 5.74) is 2.37. The molecule has 2 aromatic carbocycles. The second-order valence-electron chi connectivity index (χ2n) is 7.94. The zero-order valence-corrected chi connectivity index (χ0v) is 16.4. The van der Waals surface area contributed by atoms with Crippen LogP contribution in [0, 0.1) is 18.3 Å². The van der Waals surface area contributed by atoms with Crippen LogP contribution in [-0.2, 0) is 11.3 Å². The lowest BCUT2D eigenvalue weighted by molar-refractivity contribution is 0.00473. The largest absolute Gasteiger partial charge is 0.445 e. The molecule has 2 fully saturated rings. The van der Waals surface area contributed by atoms with Gasteiger partial charge >= 0.3 is 6.09 Å². The third kappa shape index (κ3) is 4.19. The number of amides is 1. The predicted molar refractivity (Wildman–Crippen MR) is 111 cm³/mol. The molecule has 4 nitrogen and oxygen atoms in total. The first kappa shape index (κ1) is 19.3. The van der Waals surface area contributed by atoms with E-state index in [9.17, 15) is 9.59 Å². The van der Waals surface area contributed by atoms with Gasteiger partial charge in [0.2, 0.25) is 0 Å². The first-order valence-electron chi connectivity index (χ1n) is 10.3. The summed E-state index contributed by atoms with van der Waals surface area (Å²) in [6, 6.07) is 17.1. The maximum atomic E-state index is 13.1.